The molecule has 44 heavy (non-hydrogen) atoms. The molecule has 0 saturated carbocycles. The first kappa shape index (κ1) is 33.1. The van der Waals surface area contributed by atoms with Gasteiger partial charge in [-0.2, -0.15) is 0 Å². The molecule has 0 saturated heterocycles. The lowest BCUT2D eigenvalue weighted by Crippen LogP contribution is -2.54. The number of sulfonamides is 1. The maximum absolute atomic E-state index is 14.5. The molecule has 2 amide bonds. The summed E-state index contributed by atoms with van der Waals surface area (Å²) < 4.78 is 29.1. The fraction of sp³-hybridized carbons (Fsp3) is 0.235. The minimum absolute atomic E-state index is 0.000669. The van der Waals surface area contributed by atoms with Gasteiger partial charge in [0.2, 0.25) is 11.8 Å². The van der Waals surface area contributed by atoms with Crippen molar-refractivity contribution in [2.45, 2.75) is 50.2 Å². The van der Waals surface area contributed by atoms with Crippen molar-refractivity contribution >= 4 is 50.7 Å². The van der Waals surface area contributed by atoms with E-state index in [1.807, 2.05) is 44.2 Å². The van der Waals surface area contributed by atoms with E-state index in [1.54, 1.807) is 66.7 Å². The molecule has 0 bridgehead atoms. The van der Waals surface area contributed by atoms with Crippen LogP contribution in [0.2, 0.25) is 10.0 Å². The molecular weight excluding hydrogens is 617 g/mol. The van der Waals surface area contributed by atoms with Gasteiger partial charge in [-0.3, -0.25) is 13.9 Å². The molecule has 4 aromatic carbocycles. The molecule has 230 valence electrons. The molecule has 4 rings (SSSR count). The Kier molecular flexibility index (Phi) is 11.4. The Morgan fingerprint density at radius 3 is 1.98 bits per heavy atom. The van der Waals surface area contributed by atoms with Crippen LogP contribution in [0.3, 0.4) is 0 Å². The summed E-state index contributed by atoms with van der Waals surface area (Å²) >= 11 is 13.0. The molecule has 4 aromatic rings. The second-order valence-corrected chi connectivity index (χ2v) is 13.1. The first-order valence-electron chi connectivity index (χ1n) is 14.3. The molecule has 0 aromatic heterocycles. The number of benzene rings is 4. The quantitative estimate of drug-likeness (QED) is 0.173. The Morgan fingerprint density at radius 1 is 0.795 bits per heavy atom. The van der Waals surface area contributed by atoms with Gasteiger partial charge in [-0.25, -0.2) is 8.42 Å². The molecule has 10 heteroatoms. The Labute approximate surface area is 269 Å². The second kappa shape index (κ2) is 15.2. The summed E-state index contributed by atoms with van der Waals surface area (Å²) in [5.74, 6) is -0.941. The zero-order valence-corrected chi connectivity index (χ0v) is 26.9. The summed E-state index contributed by atoms with van der Waals surface area (Å²) in [7, 11) is -4.24. The highest BCUT2D eigenvalue weighted by atomic mass is 35.5. The zero-order valence-electron chi connectivity index (χ0n) is 24.6. The number of carbonyl (C=O) groups is 2. The van der Waals surface area contributed by atoms with Crippen molar-refractivity contribution in [2.24, 2.45) is 0 Å². The van der Waals surface area contributed by atoms with Crippen LogP contribution >= 0.6 is 23.2 Å². The fourth-order valence-corrected chi connectivity index (χ4v) is 6.63. The molecule has 2 atom stereocenters. The molecule has 7 nitrogen and oxygen atoms in total. The normalized spacial score (nSPS) is 12.6. The highest BCUT2D eigenvalue weighted by Gasteiger charge is 2.35. The zero-order chi connectivity index (χ0) is 31.7. The van der Waals surface area contributed by atoms with E-state index in [2.05, 4.69) is 5.32 Å². The Balaban J connectivity index is 1.82. The standard InChI is InChI=1S/C34H35Cl2N3O4S/c1-3-25(2)37-34(41)32(22-26-14-6-4-7-15-26)38(23-27-16-10-11-19-29(27)35)33(40)24-39(31-21-13-12-20-30(31)36)44(42,43)28-17-8-5-9-18-28/h4-21,25,32H,3,22-24H2,1-2H3,(H,37,41). The van der Waals surface area contributed by atoms with E-state index < -0.39 is 28.5 Å². The predicted molar refractivity (Wildman–Crippen MR) is 176 cm³/mol. The van der Waals surface area contributed by atoms with Crippen LogP contribution in [0.4, 0.5) is 5.69 Å². The smallest absolute Gasteiger partial charge is 0.264 e. The van der Waals surface area contributed by atoms with Crippen molar-refractivity contribution in [3.8, 4) is 0 Å². The van der Waals surface area contributed by atoms with Gasteiger partial charge in [0.1, 0.15) is 12.6 Å². The largest absolute Gasteiger partial charge is 0.352 e. The minimum atomic E-state index is -4.24. The monoisotopic (exact) mass is 651 g/mol. The number of nitrogens with zero attached hydrogens (tertiary/aromatic N) is 2. The lowest BCUT2D eigenvalue weighted by Gasteiger charge is -2.34. The van der Waals surface area contributed by atoms with Gasteiger partial charge in [-0.15, -0.1) is 0 Å². The van der Waals surface area contributed by atoms with E-state index >= 15 is 0 Å². The van der Waals surface area contributed by atoms with Crippen molar-refractivity contribution in [2.75, 3.05) is 10.8 Å². The lowest BCUT2D eigenvalue weighted by atomic mass is 10.0. The van der Waals surface area contributed by atoms with E-state index in [0.29, 0.717) is 17.0 Å². The van der Waals surface area contributed by atoms with Gasteiger partial charge < -0.3 is 10.2 Å². The first-order valence-corrected chi connectivity index (χ1v) is 16.5. The van der Waals surface area contributed by atoms with Gasteiger partial charge in [0.25, 0.3) is 10.0 Å². The number of amides is 2. The van der Waals surface area contributed by atoms with E-state index in [-0.39, 0.29) is 40.5 Å². The van der Waals surface area contributed by atoms with Gasteiger partial charge in [-0.05, 0) is 54.8 Å². The van der Waals surface area contributed by atoms with Gasteiger partial charge in [0, 0.05) is 24.0 Å². The SMILES string of the molecule is CCC(C)NC(=O)C(Cc1ccccc1)N(Cc1ccccc1Cl)C(=O)CN(c1ccccc1Cl)S(=O)(=O)c1ccccc1. The summed E-state index contributed by atoms with van der Waals surface area (Å²) in [6.07, 6.45) is 0.898. The first-order chi connectivity index (χ1) is 21.1. The van der Waals surface area contributed by atoms with E-state index in [4.69, 9.17) is 23.2 Å². The third kappa shape index (κ3) is 8.20. The van der Waals surface area contributed by atoms with Crippen LogP contribution < -0.4 is 9.62 Å². The Bertz CT molecular complexity index is 1670. The lowest BCUT2D eigenvalue weighted by molar-refractivity contribution is -0.140. The van der Waals surface area contributed by atoms with Crippen LogP contribution in [0.5, 0.6) is 0 Å². The van der Waals surface area contributed by atoms with E-state index in [9.17, 15) is 18.0 Å². The minimum Gasteiger partial charge on any atom is -0.352 e. The van der Waals surface area contributed by atoms with Crippen molar-refractivity contribution in [1.29, 1.82) is 0 Å². The molecule has 0 aliphatic rings. The molecule has 2 unspecified atom stereocenters. The third-order valence-corrected chi connectivity index (χ3v) is 9.76. The fourth-order valence-electron chi connectivity index (χ4n) is 4.69. The van der Waals surface area contributed by atoms with E-state index in [1.165, 1.54) is 17.0 Å². The average molecular weight is 653 g/mol. The Morgan fingerprint density at radius 2 is 1.36 bits per heavy atom. The van der Waals surface area contributed by atoms with Crippen molar-refractivity contribution < 1.29 is 18.0 Å². The van der Waals surface area contributed by atoms with Crippen LogP contribution in [0, 0.1) is 0 Å². The van der Waals surface area contributed by atoms with Crippen molar-refractivity contribution in [3.05, 3.63) is 130 Å². The number of hydrogen-bond acceptors (Lipinski definition) is 4. The van der Waals surface area contributed by atoms with Gasteiger partial charge in [0.05, 0.1) is 15.6 Å². The summed E-state index contributed by atoms with van der Waals surface area (Å²) in [6, 6.07) is 29.6. The molecule has 0 radical (unpaired) electrons. The molecule has 0 heterocycles. The number of nitrogens with one attached hydrogen (secondary N) is 1. The number of carbonyl (C=O) groups excluding carboxylic acids is 2. The highest BCUT2D eigenvalue weighted by molar-refractivity contribution is 7.92. The van der Waals surface area contributed by atoms with Crippen LogP contribution in [0.25, 0.3) is 0 Å². The maximum Gasteiger partial charge on any atom is 0.264 e. The predicted octanol–water partition coefficient (Wildman–Crippen LogP) is 6.74. The van der Waals surface area contributed by atoms with Crippen molar-refractivity contribution in [1.82, 2.24) is 10.2 Å². The topological polar surface area (TPSA) is 86.8 Å². The number of anilines is 1. The molecular formula is C34H35Cl2N3O4S. The third-order valence-electron chi connectivity index (χ3n) is 7.30. The van der Waals surface area contributed by atoms with Crippen LogP contribution in [-0.2, 0) is 32.6 Å². The molecule has 0 fully saturated rings. The number of hydrogen-bond donors (Lipinski definition) is 1. The molecule has 0 aliphatic heterocycles. The average Bonchev–Trinajstić information content (AvgIpc) is 3.03. The molecule has 0 spiro atoms. The summed E-state index contributed by atoms with van der Waals surface area (Å²) in [5, 5.41) is 3.60. The second-order valence-electron chi connectivity index (χ2n) is 10.4. The number of para-hydroxylation sites is 1. The van der Waals surface area contributed by atoms with Crippen molar-refractivity contribution in [3.63, 3.8) is 0 Å². The van der Waals surface area contributed by atoms with E-state index in [0.717, 1.165) is 9.87 Å². The molecule has 1 N–H and O–H groups in total. The van der Waals surface area contributed by atoms with Gasteiger partial charge >= 0.3 is 0 Å². The maximum atomic E-state index is 14.5. The highest BCUT2D eigenvalue weighted by Crippen LogP contribution is 2.31. The number of rotatable bonds is 13. The summed E-state index contributed by atoms with van der Waals surface area (Å²) in [4.78, 5) is 29.8. The van der Waals surface area contributed by atoms with Gasteiger partial charge in [0.15, 0.2) is 0 Å². The molecule has 0 aliphatic carbocycles. The van der Waals surface area contributed by atoms with Gasteiger partial charge in [-0.1, -0.05) is 109 Å². The van der Waals surface area contributed by atoms with Crippen LogP contribution in [0.15, 0.2) is 114 Å². The summed E-state index contributed by atoms with van der Waals surface area (Å²) in [5.41, 5.74) is 1.61. The van der Waals surface area contributed by atoms with Crippen LogP contribution in [-0.4, -0.2) is 43.8 Å². The van der Waals surface area contributed by atoms with Crippen LogP contribution in [0.1, 0.15) is 31.4 Å². The number of halogens is 2. The summed E-state index contributed by atoms with van der Waals surface area (Å²) in [6.45, 7) is 3.22. The Hall–Kier alpha value is -3.85.